The van der Waals surface area contributed by atoms with Gasteiger partial charge in [-0.25, -0.2) is 0 Å². The summed E-state index contributed by atoms with van der Waals surface area (Å²) in [6.45, 7) is 0.387. The van der Waals surface area contributed by atoms with Crippen LogP contribution in [0, 0.1) is 10.1 Å². The fourth-order valence-electron chi connectivity index (χ4n) is 1.91. The number of carbonyl (C=O) groups is 2. The number of benzene rings is 1. The van der Waals surface area contributed by atoms with E-state index in [1.807, 2.05) is 0 Å². The molecule has 1 amide bonds. The Morgan fingerprint density at radius 2 is 1.92 bits per heavy atom. The molecule has 0 spiro atoms. The third-order valence-electron chi connectivity index (χ3n) is 3.15. The number of hydrogen-bond donors (Lipinski definition) is 1. The molecule has 0 saturated heterocycles. The van der Waals surface area contributed by atoms with Crippen LogP contribution in [0.2, 0.25) is 0 Å². The highest BCUT2D eigenvalue weighted by molar-refractivity contribution is 6.63. The number of nitro benzene ring substituents is 1. The zero-order valence-electron chi connectivity index (χ0n) is 13.1. The van der Waals surface area contributed by atoms with Crippen LogP contribution in [0.25, 0.3) is 0 Å². The van der Waals surface area contributed by atoms with Crippen molar-refractivity contribution in [2.45, 2.75) is 19.4 Å². The van der Waals surface area contributed by atoms with E-state index >= 15 is 0 Å². The number of halogens is 1. The molecule has 1 aromatic heterocycles. The summed E-state index contributed by atoms with van der Waals surface area (Å²) in [5, 5.41) is 12.7. The number of ether oxygens (including phenoxy) is 1. The Hall–Kier alpha value is -2.87. The molecule has 0 aliphatic rings. The Balaban J connectivity index is 1.81. The van der Waals surface area contributed by atoms with Crippen LogP contribution in [0.5, 0.6) is 5.75 Å². The van der Waals surface area contributed by atoms with Crippen LogP contribution >= 0.6 is 11.6 Å². The number of hydrogen-bond acceptors (Lipinski definition) is 6. The number of nitro groups is 1. The fraction of sp³-hybridized carbons (Fsp3) is 0.250. The zero-order valence-corrected chi connectivity index (χ0v) is 13.8. The van der Waals surface area contributed by atoms with E-state index in [2.05, 4.69) is 5.32 Å². The van der Waals surface area contributed by atoms with Gasteiger partial charge in [-0.3, -0.25) is 19.7 Å². The van der Waals surface area contributed by atoms with Crippen molar-refractivity contribution in [3.63, 3.8) is 0 Å². The number of nitrogens with zero attached hydrogens (tertiary/aromatic N) is 1. The van der Waals surface area contributed by atoms with Crippen molar-refractivity contribution in [1.82, 2.24) is 5.32 Å². The second-order valence-electron chi connectivity index (χ2n) is 5.02. The molecule has 0 saturated carbocycles. The first-order chi connectivity index (χ1) is 12.0. The maximum Gasteiger partial charge on any atom is 0.286 e. The Morgan fingerprint density at radius 1 is 1.20 bits per heavy atom. The Bertz CT molecular complexity index is 756. The maximum absolute atomic E-state index is 11.9. The van der Waals surface area contributed by atoms with E-state index in [9.17, 15) is 19.7 Å². The van der Waals surface area contributed by atoms with Gasteiger partial charge in [0.25, 0.3) is 11.6 Å². The molecule has 1 N–H and O–H groups in total. The first kappa shape index (κ1) is 18.5. The van der Waals surface area contributed by atoms with Crippen molar-refractivity contribution >= 4 is 28.4 Å². The van der Waals surface area contributed by atoms with Gasteiger partial charge < -0.3 is 14.5 Å². The number of rotatable bonds is 9. The predicted octanol–water partition coefficient (Wildman–Crippen LogP) is 3.04. The summed E-state index contributed by atoms with van der Waals surface area (Å²) in [5.74, 6) is 0.598. The van der Waals surface area contributed by atoms with Gasteiger partial charge in [-0.2, -0.15) is 0 Å². The molecule has 0 aliphatic carbocycles. The van der Waals surface area contributed by atoms with Crippen LogP contribution in [0.15, 0.2) is 40.8 Å². The van der Waals surface area contributed by atoms with E-state index in [0.29, 0.717) is 24.5 Å². The van der Waals surface area contributed by atoms with Gasteiger partial charge in [-0.15, -0.1) is 0 Å². The predicted molar refractivity (Wildman–Crippen MR) is 88.6 cm³/mol. The number of amides is 1. The summed E-state index contributed by atoms with van der Waals surface area (Å²) in [6.07, 6.45) is 0.638. The first-order valence-electron chi connectivity index (χ1n) is 7.38. The smallest absolute Gasteiger partial charge is 0.286 e. The highest BCUT2D eigenvalue weighted by Crippen LogP contribution is 2.19. The lowest BCUT2D eigenvalue weighted by Crippen LogP contribution is -2.24. The Labute approximate surface area is 147 Å². The second kappa shape index (κ2) is 8.84. The van der Waals surface area contributed by atoms with Crippen molar-refractivity contribution in [2.75, 3.05) is 6.54 Å². The first-order valence-corrected chi connectivity index (χ1v) is 7.76. The fourth-order valence-corrected chi connectivity index (χ4v) is 2.05. The minimum atomic E-state index is -0.496. The summed E-state index contributed by atoms with van der Waals surface area (Å²) >= 11 is 5.21. The van der Waals surface area contributed by atoms with Gasteiger partial charge in [0.2, 0.25) is 5.24 Å². The molecule has 132 valence electrons. The van der Waals surface area contributed by atoms with E-state index in [0.717, 1.165) is 0 Å². The number of nitrogens with one attached hydrogen (secondary N) is 1. The molecule has 2 aromatic rings. The van der Waals surface area contributed by atoms with Gasteiger partial charge >= 0.3 is 0 Å². The lowest BCUT2D eigenvalue weighted by atomic mass is 10.3. The molecule has 9 heteroatoms. The van der Waals surface area contributed by atoms with Crippen molar-refractivity contribution in [3.8, 4) is 5.75 Å². The second-order valence-corrected chi connectivity index (χ2v) is 5.44. The minimum absolute atomic E-state index is 0.0276. The van der Waals surface area contributed by atoms with Gasteiger partial charge in [0.15, 0.2) is 5.76 Å². The third-order valence-corrected chi connectivity index (χ3v) is 3.34. The van der Waals surface area contributed by atoms with Gasteiger partial charge in [-0.05, 0) is 42.3 Å². The Morgan fingerprint density at radius 3 is 2.56 bits per heavy atom. The molecule has 0 atom stereocenters. The van der Waals surface area contributed by atoms with E-state index in [1.165, 1.54) is 30.3 Å². The molecule has 1 heterocycles. The number of furan rings is 1. The van der Waals surface area contributed by atoms with Crippen LogP contribution in [0.3, 0.4) is 0 Å². The maximum atomic E-state index is 11.9. The van der Waals surface area contributed by atoms with Crippen LogP contribution < -0.4 is 10.1 Å². The highest BCUT2D eigenvalue weighted by Gasteiger charge is 2.11. The molecular weight excluding hydrogens is 352 g/mol. The van der Waals surface area contributed by atoms with Crippen molar-refractivity contribution < 1.29 is 23.7 Å². The van der Waals surface area contributed by atoms with Gasteiger partial charge in [0, 0.05) is 25.1 Å². The van der Waals surface area contributed by atoms with Crippen LogP contribution in [0.1, 0.15) is 29.2 Å². The zero-order chi connectivity index (χ0) is 18.2. The molecule has 0 bridgehead atoms. The number of non-ortho nitro benzene ring substituents is 1. The van der Waals surface area contributed by atoms with E-state index in [-0.39, 0.29) is 24.5 Å². The van der Waals surface area contributed by atoms with Gasteiger partial charge in [0.05, 0.1) is 4.92 Å². The lowest BCUT2D eigenvalue weighted by Gasteiger charge is -2.04. The van der Waals surface area contributed by atoms with Crippen LogP contribution in [-0.2, 0) is 11.4 Å². The molecule has 25 heavy (non-hydrogen) atoms. The summed E-state index contributed by atoms with van der Waals surface area (Å²) in [4.78, 5) is 32.5. The van der Waals surface area contributed by atoms with Crippen LogP contribution in [0.4, 0.5) is 5.69 Å². The van der Waals surface area contributed by atoms with E-state index in [4.69, 9.17) is 20.8 Å². The van der Waals surface area contributed by atoms with E-state index < -0.39 is 16.1 Å². The molecular formula is C16H15ClN2O6. The number of carbonyl (C=O) groups excluding carboxylic acids is 2. The summed E-state index contributed by atoms with van der Waals surface area (Å²) < 4.78 is 10.8. The topological polar surface area (TPSA) is 112 Å². The molecule has 0 aliphatic heterocycles. The molecule has 0 unspecified atom stereocenters. The van der Waals surface area contributed by atoms with Gasteiger partial charge in [0.1, 0.15) is 18.1 Å². The standard InChI is InChI=1S/C16H15ClN2O6/c17-15(20)2-1-9-18-16(21)14-8-7-13(25-14)10-24-12-5-3-11(4-6-12)19(22)23/h3-8H,1-2,9-10H2,(H,18,21). The molecule has 8 nitrogen and oxygen atoms in total. The normalized spacial score (nSPS) is 10.3. The molecule has 0 radical (unpaired) electrons. The molecule has 1 aromatic carbocycles. The monoisotopic (exact) mass is 366 g/mol. The van der Waals surface area contributed by atoms with Crippen molar-refractivity contribution in [2.24, 2.45) is 0 Å². The summed E-state index contributed by atoms with van der Waals surface area (Å²) in [6, 6.07) is 8.74. The van der Waals surface area contributed by atoms with Gasteiger partial charge in [-0.1, -0.05) is 0 Å². The van der Waals surface area contributed by atoms with Crippen molar-refractivity contribution in [3.05, 3.63) is 58.0 Å². The summed E-state index contributed by atoms with van der Waals surface area (Å²) in [7, 11) is 0. The average Bonchev–Trinajstić information content (AvgIpc) is 3.06. The SMILES string of the molecule is O=C(Cl)CCCNC(=O)c1ccc(COc2ccc([N+](=O)[O-])cc2)o1. The largest absolute Gasteiger partial charge is 0.486 e. The molecule has 0 fully saturated rings. The van der Waals surface area contributed by atoms with Crippen molar-refractivity contribution in [1.29, 1.82) is 0 Å². The molecule has 2 rings (SSSR count). The quantitative estimate of drug-likeness (QED) is 0.316. The third kappa shape index (κ3) is 5.92. The average molecular weight is 367 g/mol. The minimum Gasteiger partial charge on any atom is -0.486 e. The van der Waals surface area contributed by atoms with E-state index in [1.54, 1.807) is 6.07 Å². The lowest BCUT2D eigenvalue weighted by molar-refractivity contribution is -0.384. The summed E-state index contributed by atoms with van der Waals surface area (Å²) in [5.41, 5.74) is -0.0276. The van der Waals surface area contributed by atoms with Crippen LogP contribution in [-0.4, -0.2) is 22.6 Å². The Kier molecular flexibility index (Phi) is 6.53. The highest BCUT2D eigenvalue weighted by atomic mass is 35.5.